The maximum absolute atomic E-state index is 14.0. The molecule has 6 heteroatoms. The van der Waals surface area contributed by atoms with Crippen LogP contribution < -0.4 is 5.43 Å². The van der Waals surface area contributed by atoms with Gasteiger partial charge in [0.1, 0.15) is 11.4 Å². The maximum atomic E-state index is 14.0. The molecule has 1 aliphatic rings. The van der Waals surface area contributed by atoms with Gasteiger partial charge in [-0.25, -0.2) is 4.39 Å². The zero-order valence-electron chi connectivity index (χ0n) is 16.4. The van der Waals surface area contributed by atoms with E-state index in [4.69, 9.17) is 4.42 Å². The molecular weight excluding hydrogens is 397 g/mol. The van der Waals surface area contributed by atoms with Gasteiger partial charge in [0.05, 0.1) is 29.6 Å². The van der Waals surface area contributed by atoms with E-state index in [1.54, 1.807) is 54.6 Å². The van der Waals surface area contributed by atoms with Gasteiger partial charge in [-0.2, -0.15) is 0 Å². The quantitative estimate of drug-likeness (QED) is 0.542. The van der Waals surface area contributed by atoms with E-state index in [9.17, 15) is 19.1 Å². The molecule has 2 atom stereocenters. The average Bonchev–Trinajstić information content (AvgIpc) is 3.06. The highest BCUT2D eigenvalue weighted by Gasteiger charge is 2.43. The second-order valence-electron chi connectivity index (χ2n) is 7.51. The number of aliphatic hydroxyl groups is 1. The molecule has 1 N–H and O–H groups in total. The summed E-state index contributed by atoms with van der Waals surface area (Å²) in [6, 6.07) is 20.6. The molecule has 3 aromatic carbocycles. The SMILES string of the molecule is O=C1c2oc3ccccc3c(=O)c2C(c2cccc(F)c2)N1CC(O)c1ccccc1. The largest absolute Gasteiger partial charge is 0.450 e. The lowest BCUT2D eigenvalue weighted by Crippen LogP contribution is -2.33. The predicted molar refractivity (Wildman–Crippen MR) is 113 cm³/mol. The van der Waals surface area contributed by atoms with E-state index < -0.39 is 23.9 Å². The highest BCUT2D eigenvalue weighted by Crippen LogP contribution is 2.39. The summed E-state index contributed by atoms with van der Waals surface area (Å²) in [5.41, 5.74) is 1.21. The van der Waals surface area contributed by atoms with Gasteiger partial charge < -0.3 is 14.4 Å². The molecule has 1 aromatic heterocycles. The van der Waals surface area contributed by atoms with Crippen molar-refractivity contribution < 1.29 is 18.7 Å². The Morgan fingerprint density at radius 1 is 0.968 bits per heavy atom. The third kappa shape index (κ3) is 3.21. The second-order valence-corrected chi connectivity index (χ2v) is 7.51. The summed E-state index contributed by atoms with van der Waals surface area (Å²) in [4.78, 5) is 28.0. The van der Waals surface area contributed by atoms with Crippen molar-refractivity contribution in [1.82, 2.24) is 4.90 Å². The lowest BCUT2D eigenvalue weighted by molar-refractivity contribution is 0.0583. The maximum Gasteiger partial charge on any atom is 0.291 e. The van der Waals surface area contributed by atoms with Crippen LogP contribution >= 0.6 is 0 Å². The fourth-order valence-electron chi connectivity index (χ4n) is 4.15. The van der Waals surface area contributed by atoms with Gasteiger partial charge in [0, 0.05) is 0 Å². The van der Waals surface area contributed by atoms with Gasteiger partial charge in [0.2, 0.25) is 5.76 Å². The summed E-state index contributed by atoms with van der Waals surface area (Å²) in [7, 11) is 0. The van der Waals surface area contributed by atoms with E-state index in [-0.39, 0.29) is 23.3 Å². The Morgan fingerprint density at radius 2 is 1.71 bits per heavy atom. The minimum Gasteiger partial charge on any atom is -0.450 e. The molecule has 5 nitrogen and oxygen atoms in total. The normalized spacial score (nSPS) is 16.5. The fourth-order valence-corrected chi connectivity index (χ4v) is 4.15. The van der Waals surface area contributed by atoms with Gasteiger partial charge in [0.25, 0.3) is 5.91 Å². The first-order chi connectivity index (χ1) is 15.0. The molecule has 154 valence electrons. The van der Waals surface area contributed by atoms with E-state index in [1.165, 1.54) is 23.1 Å². The number of hydrogen-bond donors (Lipinski definition) is 1. The molecule has 0 aliphatic carbocycles. The van der Waals surface area contributed by atoms with Crippen LogP contribution in [-0.2, 0) is 0 Å². The summed E-state index contributed by atoms with van der Waals surface area (Å²) in [5.74, 6) is -1.06. The van der Waals surface area contributed by atoms with Crippen LogP contribution in [0.2, 0.25) is 0 Å². The lowest BCUT2D eigenvalue weighted by atomic mass is 9.98. The molecular formula is C25H18FNO4. The first-order valence-corrected chi connectivity index (χ1v) is 9.90. The van der Waals surface area contributed by atoms with Crippen molar-refractivity contribution in [1.29, 1.82) is 0 Å². The van der Waals surface area contributed by atoms with Crippen LogP contribution in [0.5, 0.6) is 0 Å². The monoisotopic (exact) mass is 415 g/mol. The summed E-state index contributed by atoms with van der Waals surface area (Å²) in [6.07, 6.45) is -0.986. The molecule has 0 radical (unpaired) electrons. The molecule has 0 bridgehead atoms. The molecule has 1 amide bonds. The number of carbonyl (C=O) groups is 1. The average molecular weight is 415 g/mol. The number of fused-ring (bicyclic) bond motifs is 2. The molecule has 0 spiro atoms. The summed E-state index contributed by atoms with van der Waals surface area (Å²) in [6.45, 7) is -0.0794. The Balaban J connectivity index is 1.68. The lowest BCUT2D eigenvalue weighted by Gasteiger charge is -2.27. The highest BCUT2D eigenvalue weighted by molar-refractivity contribution is 5.99. The van der Waals surface area contributed by atoms with Crippen LogP contribution in [0.3, 0.4) is 0 Å². The smallest absolute Gasteiger partial charge is 0.291 e. The van der Waals surface area contributed by atoms with E-state index in [0.29, 0.717) is 22.1 Å². The second kappa shape index (κ2) is 7.49. The molecule has 1 aliphatic heterocycles. The van der Waals surface area contributed by atoms with Crippen LogP contribution in [-0.4, -0.2) is 22.5 Å². The number of rotatable bonds is 4. The molecule has 0 saturated heterocycles. The molecule has 31 heavy (non-hydrogen) atoms. The first-order valence-electron chi connectivity index (χ1n) is 9.90. The summed E-state index contributed by atoms with van der Waals surface area (Å²) >= 11 is 0. The number of nitrogens with zero attached hydrogens (tertiary/aromatic N) is 1. The Bertz CT molecular complexity index is 1350. The van der Waals surface area contributed by atoms with E-state index in [0.717, 1.165) is 0 Å². The molecule has 4 aromatic rings. The van der Waals surface area contributed by atoms with E-state index >= 15 is 0 Å². The van der Waals surface area contributed by atoms with Gasteiger partial charge in [-0.1, -0.05) is 54.6 Å². The third-order valence-corrected chi connectivity index (χ3v) is 5.59. The topological polar surface area (TPSA) is 70.8 Å². The molecule has 2 heterocycles. The van der Waals surface area contributed by atoms with Crippen molar-refractivity contribution in [3.63, 3.8) is 0 Å². The van der Waals surface area contributed by atoms with Crippen LogP contribution in [0, 0.1) is 5.82 Å². The van der Waals surface area contributed by atoms with Crippen molar-refractivity contribution in [2.24, 2.45) is 0 Å². The van der Waals surface area contributed by atoms with Gasteiger partial charge in [0.15, 0.2) is 5.43 Å². The minimum absolute atomic E-state index is 0.0711. The summed E-state index contributed by atoms with van der Waals surface area (Å²) in [5, 5.41) is 11.1. The van der Waals surface area contributed by atoms with Crippen molar-refractivity contribution >= 4 is 16.9 Å². The number of amides is 1. The van der Waals surface area contributed by atoms with Gasteiger partial charge in [-0.05, 0) is 35.4 Å². The van der Waals surface area contributed by atoms with Crippen LogP contribution in [0.1, 0.15) is 39.4 Å². The van der Waals surface area contributed by atoms with Gasteiger partial charge >= 0.3 is 0 Å². The van der Waals surface area contributed by atoms with Crippen LogP contribution in [0.25, 0.3) is 11.0 Å². The Morgan fingerprint density at radius 3 is 2.48 bits per heavy atom. The number of β-amino-alcohol motifs (C(OH)–C–C–N with tert-alkyl or cyclic N) is 1. The van der Waals surface area contributed by atoms with Gasteiger partial charge in [-0.15, -0.1) is 0 Å². The molecule has 0 saturated carbocycles. The number of halogens is 1. The molecule has 0 fully saturated rings. The van der Waals surface area contributed by atoms with Crippen LogP contribution in [0.4, 0.5) is 4.39 Å². The molecule has 2 unspecified atom stereocenters. The van der Waals surface area contributed by atoms with Gasteiger partial charge in [-0.3, -0.25) is 9.59 Å². The van der Waals surface area contributed by atoms with E-state index in [2.05, 4.69) is 0 Å². The van der Waals surface area contributed by atoms with Crippen molar-refractivity contribution in [3.8, 4) is 0 Å². The number of aliphatic hydroxyl groups excluding tert-OH is 1. The first kappa shape index (κ1) is 19.2. The van der Waals surface area contributed by atoms with Crippen molar-refractivity contribution in [2.75, 3.05) is 6.54 Å². The predicted octanol–water partition coefficient (Wildman–Crippen LogP) is 4.21. The Labute approximate surface area is 177 Å². The zero-order chi connectivity index (χ0) is 21.5. The zero-order valence-corrected chi connectivity index (χ0v) is 16.4. The minimum atomic E-state index is -0.986. The number of benzene rings is 3. The third-order valence-electron chi connectivity index (χ3n) is 5.59. The van der Waals surface area contributed by atoms with E-state index in [1.807, 2.05) is 6.07 Å². The number of para-hydroxylation sites is 1. The standard InChI is InChI=1S/C25H18FNO4/c26-17-10-6-9-16(13-17)22-21-23(29)18-11-4-5-12-20(18)31-24(21)25(30)27(22)14-19(28)15-7-2-1-3-8-15/h1-13,19,22,28H,14H2. The van der Waals surface area contributed by atoms with Crippen LogP contribution in [0.15, 0.2) is 88.1 Å². The summed E-state index contributed by atoms with van der Waals surface area (Å²) < 4.78 is 19.9. The Kier molecular flexibility index (Phi) is 4.64. The number of hydrogen-bond acceptors (Lipinski definition) is 4. The fraction of sp³-hybridized carbons (Fsp3) is 0.120. The van der Waals surface area contributed by atoms with Crippen molar-refractivity contribution in [3.05, 3.63) is 117 Å². The highest BCUT2D eigenvalue weighted by atomic mass is 19.1. The Hall–Kier alpha value is -3.77. The molecule has 5 rings (SSSR count). The van der Waals surface area contributed by atoms with Crippen molar-refractivity contribution in [2.45, 2.75) is 12.1 Å². The number of carbonyl (C=O) groups excluding carboxylic acids is 1.